The molecule has 4 rings (SSSR count). The lowest BCUT2D eigenvalue weighted by Crippen LogP contribution is -2.56. The van der Waals surface area contributed by atoms with Crippen LogP contribution in [0.25, 0.3) is 6.08 Å². The Labute approximate surface area is 237 Å². The van der Waals surface area contributed by atoms with Crippen molar-refractivity contribution in [2.75, 3.05) is 23.0 Å². The Hall–Kier alpha value is -3.49. The minimum absolute atomic E-state index is 0.0173. The fraction of sp³-hybridized carbons (Fsp3) is 0.233. The number of hydrogen-bond donors (Lipinski definition) is 0. The second-order valence-electron chi connectivity index (χ2n) is 8.90. The Morgan fingerprint density at radius 3 is 1.84 bits per heavy atom. The molecule has 196 valence electrons. The summed E-state index contributed by atoms with van der Waals surface area (Å²) in [6.45, 7) is 8.81. The zero-order valence-electron chi connectivity index (χ0n) is 21.8. The van der Waals surface area contributed by atoms with Gasteiger partial charge in [-0.05, 0) is 103 Å². The summed E-state index contributed by atoms with van der Waals surface area (Å²) in [6.07, 6.45) is 2.42. The smallest absolute Gasteiger partial charge is 0.270 e. The lowest BCUT2D eigenvalue weighted by molar-refractivity contribution is -0.120. The van der Waals surface area contributed by atoms with Crippen LogP contribution in [-0.4, -0.2) is 30.1 Å². The summed E-state index contributed by atoms with van der Waals surface area (Å²) in [6, 6.07) is 18.5. The van der Waals surface area contributed by atoms with Crippen LogP contribution in [0.4, 0.5) is 11.4 Å². The summed E-state index contributed by atoms with van der Waals surface area (Å²) in [7, 11) is 0. The normalized spacial score (nSPS) is 13.7. The number of rotatable bonds is 8. The zero-order chi connectivity index (χ0) is 27.4. The highest BCUT2D eigenvalue weighted by Gasteiger charge is 2.41. The van der Waals surface area contributed by atoms with Gasteiger partial charge in [0.1, 0.15) is 5.57 Å². The molecule has 6 nitrogen and oxygen atoms in total. The maximum absolute atomic E-state index is 13.8. The molecule has 0 spiro atoms. The van der Waals surface area contributed by atoms with Crippen molar-refractivity contribution in [3.8, 4) is 11.5 Å². The van der Waals surface area contributed by atoms with Gasteiger partial charge in [0, 0.05) is 0 Å². The van der Waals surface area contributed by atoms with Gasteiger partial charge in [-0.1, -0.05) is 42.3 Å². The average molecular weight is 594 g/mol. The van der Waals surface area contributed by atoms with E-state index < -0.39 is 11.8 Å². The van der Waals surface area contributed by atoms with Crippen molar-refractivity contribution in [2.24, 2.45) is 0 Å². The highest BCUT2D eigenvalue weighted by Crippen LogP contribution is 2.38. The molecule has 1 fully saturated rings. The number of carbonyl (C=O) groups is 2. The van der Waals surface area contributed by atoms with Gasteiger partial charge < -0.3 is 9.47 Å². The van der Waals surface area contributed by atoms with Crippen molar-refractivity contribution in [3.05, 3.63) is 87.4 Å². The van der Waals surface area contributed by atoms with Gasteiger partial charge in [0.05, 0.1) is 29.1 Å². The molecule has 0 N–H and O–H groups in total. The van der Waals surface area contributed by atoms with Gasteiger partial charge in [0.25, 0.3) is 11.8 Å². The molecular weight excluding hydrogens is 564 g/mol. The number of nitrogens with zero attached hydrogens (tertiary/aromatic N) is 2. The van der Waals surface area contributed by atoms with Crippen molar-refractivity contribution in [1.82, 2.24) is 0 Å². The van der Waals surface area contributed by atoms with Crippen LogP contribution in [0, 0.1) is 13.8 Å². The van der Waals surface area contributed by atoms with Crippen LogP contribution < -0.4 is 19.3 Å². The van der Waals surface area contributed by atoms with Crippen LogP contribution in [-0.2, 0) is 9.59 Å². The minimum Gasteiger partial charge on any atom is -0.490 e. The molecule has 0 saturated carbocycles. The molecule has 3 aromatic rings. The lowest BCUT2D eigenvalue weighted by atomic mass is 10.0. The van der Waals surface area contributed by atoms with E-state index in [4.69, 9.17) is 21.7 Å². The molecule has 0 radical (unpaired) electrons. The van der Waals surface area contributed by atoms with E-state index in [-0.39, 0.29) is 10.7 Å². The molecule has 0 aliphatic carbocycles. The molecule has 1 saturated heterocycles. The van der Waals surface area contributed by atoms with Crippen molar-refractivity contribution >= 4 is 62.5 Å². The highest BCUT2D eigenvalue weighted by molar-refractivity contribution is 9.10. The third kappa shape index (κ3) is 5.66. The number of anilines is 2. The molecule has 3 aromatic carbocycles. The number of carbonyl (C=O) groups excluding carboxylic acids is 2. The number of thiocarbonyl (C=S) groups is 1. The summed E-state index contributed by atoms with van der Waals surface area (Å²) in [5.74, 6) is 0.125. The first-order valence-corrected chi connectivity index (χ1v) is 13.6. The maximum Gasteiger partial charge on any atom is 0.270 e. The van der Waals surface area contributed by atoms with Gasteiger partial charge in [-0.15, -0.1) is 0 Å². The Kier molecular flexibility index (Phi) is 8.64. The fourth-order valence-corrected chi connectivity index (χ4v) is 4.97. The molecule has 1 heterocycles. The van der Waals surface area contributed by atoms with Crippen molar-refractivity contribution < 1.29 is 19.1 Å². The number of halogens is 1. The first-order chi connectivity index (χ1) is 18.2. The van der Waals surface area contributed by atoms with E-state index in [0.29, 0.717) is 46.1 Å². The van der Waals surface area contributed by atoms with E-state index in [2.05, 4.69) is 15.9 Å². The van der Waals surface area contributed by atoms with Crippen molar-refractivity contribution in [1.29, 1.82) is 0 Å². The highest BCUT2D eigenvalue weighted by atomic mass is 79.9. The quantitative estimate of drug-likeness (QED) is 0.160. The second-order valence-corrected chi connectivity index (χ2v) is 10.1. The Bertz CT molecular complexity index is 1330. The SMILES string of the molecule is CCCOc1c(Br)cc(C=C2C(=O)N(c3ccc(C)cc3)C(=S)N(c3ccc(C)cc3)C2=O)cc1OCC. The number of benzene rings is 3. The van der Waals surface area contributed by atoms with E-state index in [1.165, 1.54) is 9.80 Å². The van der Waals surface area contributed by atoms with Gasteiger partial charge in [0.2, 0.25) is 0 Å². The van der Waals surface area contributed by atoms with Crippen LogP contribution in [0.1, 0.15) is 37.0 Å². The number of amides is 2. The summed E-state index contributed by atoms with van der Waals surface area (Å²) in [5.41, 5.74) is 3.86. The molecule has 8 heteroatoms. The second kappa shape index (κ2) is 11.9. The van der Waals surface area contributed by atoms with Crippen molar-refractivity contribution in [3.63, 3.8) is 0 Å². The molecule has 38 heavy (non-hydrogen) atoms. The van der Waals surface area contributed by atoms with E-state index >= 15 is 0 Å². The van der Waals surface area contributed by atoms with Gasteiger partial charge >= 0.3 is 0 Å². The van der Waals surface area contributed by atoms with Crippen LogP contribution in [0.15, 0.2) is 70.7 Å². The minimum atomic E-state index is -0.493. The largest absolute Gasteiger partial charge is 0.490 e. The molecule has 0 atom stereocenters. The monoisotopic (exact) mass is 592 g/mol. The third-order valence-electron chi connectivity index (χ3n) is 5.93. The summed E-state index contributed by atoms with van der Waals surface area (Å²) < 4.78 is 12.4. The standard InChI is InChI=1S/C30H29BrN2O4S/c1-5-15-37-27-25(31)17-21(18-26(27)36-6-2)16-24-28(34)32(22-11-7-19(3)8-12-22)30(38)33(29(24)35)23-13-9-20(4)10-14-23/h7-14,16-18H,5-6,15H2,1-4H3. The van der Waals surface area contributed by atoms with Crippen molar-refractivity contribution in [2.45, 2.75) is 34.1 Å². The predicted octanol–water partition coefficient (Wildman–Crippen LogP) is 7.00. The molecule has 0 aromatic heterocycles. The third-order valence-corrected chi connectivity index (χ3v) is 6.88. The first-order valence-electron chi connectivity index (χ1n) is 12.4. The maximum atomic E-state index is 13.8. The lowest BCUT2D eigenvalue weighted by Gasteiger charge is -2.36. The van der Waals surface area contributed by atoms with Gasteiger partial charge in [-0.3, -0.25) is 19.4 Å². The molecule has 1 aliphatic heterocycles. The van der Waals surface area contributed by atoms with Crippen LogP contribution in [0.2, 0.25) is 0 Å². The van der Waals surface area contributed by atoms with Crippen LogP contribution in [0.5, 0.6) is 11.5 Å². The Balaban J connectivity index is 1.85. The zero-order valence-corrected chi connectivity index (χ0v) is 24.2. The van der Waals surface area contributed by atoms with E-state index in [0.717, 1.165) is 17.5 Å². The van der Waals surface area contributed by atoms with Gasteiger partial charge in [0.15, 0.2) is 16.6 Å². The van der Waals surface area contributed by atoms with Crippen LogP contribution >= 0.6 is 28.1 Å². The molecule has 0 unspecified atom stereocenters. The predicted molar refractivity (Wildman–Crippen MR) is 159 cm³/mol. The van der Waals surface area contributed by atoms with Gasteiger partial charge in [-0.25, -0.2) is 0 Å². The summed E-state index contributed by atoms with van der Waals surface area (Å²) in [4.78, 5) is 30.5. The number of aryl methyl sites for hydroxylation is 2. The fourth-order valence-electron chi connectivity index (χ4n) is 4.02. The molecule has 1 aliphatic rings. The van der Waals surface area contributed by atoms with E-state index in [1.807, 2.05) is 76.2 Å². The first kappa shape index (κ1) is 27.5. The van der Waals surface area contributed by atoms with E-state index in [9.17, 15) is 9.59 Å². The Morgan fingerprint density at radius 2 is 1.37 bits per heavy atom. The number of hydrogen-bond acceptors (Lipinski definition) is 5. The summed E-state index contributed by atoms with van der Waals surface area (Å²) >= 11 is 9.29. The Morgan fingerprint density at radius 1 is 0.842 bits per heavy atom. The molecule has 0 bridgehead atoms. The number of ether oxygens (including phenoxy) is 2. The van der Waals surface area contributed by atoms with E-state index in [1.54, 1.807) is 18.2 Å². The van der Waals surface area contributed by atoms with Gasteiger partial charge in [-0.2, -0.15) is 0 Å². The molecular formula is C30H29BrN2O4S. The van der Waals surface area contributed by atoms with Crippen LogP contribution in [0.3, 0.4) is 0 Å². The topological polar surface area (TPSA) is 59.1 Å². The molecule has 2 amide bonds. The summed E-state index contributed by atoms with van der Waals surface area (Å²) in [5, 5.41) is 0.101. The average Bonchev–Trinajstić information content (AvgIpc) is 2.88.